The molecule has 2 aromatic carbocycles. The third kappa shape index (κ3) is 5.54. The minimum Gasteiger partial charge on any atom is -0.350 e. The molecule has 136 valence electrons. The van der Waals surface area contributed by atoms with Gasteiger partial charge in [0.25, 0.3) is 0 Å². The fraction of sp³-hybridized carbons (Fsp3) is 0.200. The summed E-state index contributed by atoms with van der Waals surface area (Å²) in [7, 11) is 1.78. The molecule has 0 amide bonds. The number of guanidine groups is 1. The van der Waals surface area contributed by atoms with Crippen LogP contribution in [0.15, 0.2) is 71.0 Å². The lowest BCUT2D eigenvalue weighted by Crippen LogP contribution is -2.38. The van der Waals surface area contributed by atoms with Crippen molar-refractivity contribution in [1.29, 1.82) is 0 Å². The molecule has 0 aliphatic rings. The van der Waals surface area contributed by atoms with E-state index in [1.54, 1.807) is 18.4 Å². The summed E-state index contributed by atoms with van der Waals surface area (Å²) in [5, 5.41) is 9.87. The number of nitrogens with one attached hydrogen (secondary N) is 2. The van der Waals surface area contributed by atoms with Crippen LogP contribution in [-0.2, 0) is 6.54 Å². The van der Waals surface area contributed by atoms with E-state index >= 15 is 0 Å². The predicted octanol–water partition coefficient (Wildman–Crippen LogP) is 4.85. The topological polar surface area (TPSA) is 49.3 Å². The second kappa shape index (κ2) is 10.3. The Morgan fingerprint density at radius 3 is 2.38 bits per heavy atom. The van der Waals surface area contributed by atoms with Gasteiger partial charge in [0, 0.05) is 18.0 Å². The molecule has 0 saturated heterocycles. The highest BCUT2D eigenvalue weighted by molar-refractivity contribution is 14.0. The number of hydrogen-bond donors (Lipinski definition) is 2. The molecule has 0 spiro atoms. The molecule has 0 bridgehead atoms. The second-order valence-electron chi connectivity index (χ2n) is 5.69. The highest BCUT2D eigenvalue weighted by Crippen LogP contribution is 2.21. The van der Waals surface area contributed by atoms with Gasteiger partial charge in [0.15, 0.2) is 5.96 Å². The molecule has 1 atom stereocenters. The predicted molar refractivity (Wildman–Crippen MR) is 121 cm³/mol. The molecule has 1 heterocycles. The number of aliphatic imine (C=N–C) groups is 1. The Labute approximate surface area is 175 Å². The Balaban J connectivity index is 0.00000243. The maximum atomic E-state index is 4.70. The number of rotatable bonds is 5. The summed E-state index contributed by atoms with van der Waals surface area (Å²) in [6, 6.07) is 20.8. The number of thiazole rings is 1. The van der Waals surface area contributed by atoms with Crippen LogP contribution in [0.4, 0.5) is 0 Å². The number of nitrogens with zero attached hydrogens (tertiary/aromatic N) is 2. The highest BCUT2D eigenvalue weighted by Gasteiger charge is 2.09. The third-order valence-electron chi connectivity index (χ3n) is 3.90. The Morgan fingerprint density at radius 1 is 1.08 bits per heavy atom. The van der Waals surface area contributed by atoms with Crippen LogP contribution in [-0.4, -0.2) is 18.0 Å². The number of hydrogen-bond acceptors (Lipinski definition) is 3. The second-order valence-corrected chi connectivity index (χ2v) is 6.64. The van der Waals surface area contributed by atoms with E-state index in [1.165, 1.54) is 5.56 Å². The van der Waals surface area contributed by atoms with E-state index in [0.29, 0.717) is 6.54 Å². The zero-order chi connectivity index (χ0) is 17.5. The first-order valence-corrected chi connectivity index (χ1v) is 9.16. The average Bonchev–Trinajstić information content (AvgIpc) is 3.15. The fourth-order valence-electron chi connectivity index (χ4n) is 2.52. The molecule has 0 radical (unpaired) electrons. The molecule has 2 N–H and O–H groups in total. The van der Waals surface area contributed by atoms with E-state index in [9.17, 15) is 0 Å². The first kappa shape index (κ1) is 20.4. The smallest absolute Gasteiger partial charge is 0.191 e. The summed E-state index contributed by atoms with van der Waals surface area (Å²) in [6.07, 6.45) is 0. The van der Waals surface area contributed by atoms with Crippen molar-refractivity contribution in [3.63, 3.8) is 0 Å². The van der Waals surface area contributed by atoms with Crippen LogP contribution in [0.3, 0.4) is 0 Å². The van der Waals surface area contributed by atoms with Crippen molar-refractivity contribution in [3.05, 3.63) is 76.6 Å². The third-order valence-corrected chi connectivity index (χ3v) is 4.75. The van der Waals surface area contributed by atoms with Crippen molar-refractivity contribution in [2.24, 2.45) is 4.99 Å². The minimum absolute atomic E-state index is 0. The van der Waals surface area contributed by atoms with Gasteiger partial charge in [-0.25, -0.2) is 4.98 Å². The van der Waals surface area contributed by atoms with Crippen molar-refractivity contribution >= 4 is 41.3 Å². The van der Waals surface area contributed by atoms with E-state index < -0.39 is 0 Å². The summed E-state index contributed by atoms with van der Waals surface area (Å²) < 4.78 is 0. The molecule has 0 aliphatic heterocycles. The normalized spacial score (nSPS) is 12.2. The van der Waals surface area contributed by atoms with E-state index in [0.717, 1.165) is 22.2 Å². The Morgan fingerprint density at radius 2 is 1.73 bits per heavy atom. The van der Waals surface area contributed by atoms with E-state index in [1.807, 2.05) is 36.4 Å². The van der Waals surface area contributed by atoms with Gasteiger partial charge in [-0.2, -0.15) is 0 Å². The number of aromatic nitrogens is 1. The summed E-state index contributed by atoms with van der Waals surface area (Å²) in [5.41, 5.74) is 3.39. The fourth-order valence-corrected chi connectivity index (χ4v) is 3.26. The van der Waals surface area contributed by atoms with Gasteiger partial charge in [0.05, 0.1) is 18.3 Å². The molecular formula is C20H23IN4S. The monoisotopic (exact) mass is 478 g/mol. The molecule has 0 fully saturated rings. The van der Waals surface area contributed by atoms with Gasteiger partial charge >= 0.3 is 0 Å². The molecule has 1 unspecified atom stereocenters. The zero-order valence-electron chi connectivity index (χ0n) is 14.8. The van der Waals surface area contributed by atoms with Gasteiger partial charge in [-0.15, -0.1) is 35.3 Å². The lowest BCUT2D eigenvalue weighted by atomic mass is 10.1. The van der Waals surface area contributed by atoms with Gasteiger partial charge < -0.3 is 10.6 Å². The summed E-state index contributed by atoms with van der Waals surface area (Å²) in [5.74, 6) is 0.771. The Kier molecular flexibility index (Phi) is 8.06. The molecule has 0 aliphatic carbocycles. The summed E-state index contributed by atoms with van der Waals surface area (Å²) >= 11 is 1.66. The molecular weight excluding hydrogens is 455 g/mol. The van der Waals surface area contributed by atoms with Gasteiger partial charge in [-0.05, 0) is 12.5 Å². The van der Waals surface area contributed by atoms with Crippen LogP contribution >= 0.6 is 35.3 Å². The first-order valence-electron chi connectivity index (χ1n) is 8.28. The van der Waals surface area contributed by atoms with Crippen LogP contribution < -0.4 is 10.6 Å². The SMILES string of the molecule is CN=C(NCc1nc(-c2ccccc2)cs1)NC(C)c1ccccc1.I. The van der Waals surface area contributed by atoms with E-state index in [2.05, 4.69) is 52.2 Å². The van der Waals surface area contributed by atoms with Crippen molar-refractivity contribution in [3.8, 4) is 11.3 Å². The van der Waals surface area contributed by atoms with E-state index in [-0.39, 0.29) is 30.0 Å². The first-order chi connectivity index (χ1) is 12.3. The van der Waals surface area contributed by atoms with Gasteiger partial charge in [-0.1, -0.05) is 60.7 Å². The molecule has 3 rings (SSSR count). The lowest BCUT2D eigenvalue weighted by molar-refractivity contribution is 0.685. The van der Waals surface area contributed by atoms with Crippen LogP contribution in [0, 0.1) is 0 Å². The van der Waals surface area contributed by atoms with Crippen LogP contribution in [0.25, 0.3) is 11.3 Å². The molecule has 0 saturated carbocycles. The van der Waals surface area contributed by atoms with E-state index in [4.69, 9.17) is 4.98 Å². The number of halogens is 1. The standard InChI is InChI=1S/C20H22N4S.HI/c1-15(16-9-5-3-6-10-16)23-20(21-2)22-13-19-24-18(14-25-19)17-11-7-4-8-12-17;/h3-12,14-15H,13H2,1-2H3,(H2,21,22,23);1H. The molecule has 4 nitrogen and oxygen atoms in total. The lowest BCUT2D eigenvalue weighted by Gasteiger charge is -2.17. The average molecular weight is 478 g/mol. The van der Waals surface area contributed by atoms with Crippen LogP contribution in [0.5, 0.6) is 0 Å². The van der Waals surface area contributed by atoms with Crippen LogP contribution in [0.2, 0.25) is 0 Å². The summed E-state index contributed by atoms with van der Waals surface area (Å²) in [4.78, 5) is 9.00. The van der Waals surface area contributed by atoms with Gasteiger partial charge in [0.2, 0.25) is 0 Å². The minimum atomic E-state index is 0. The molecule has 26 heavy (non-hydrogen) atoms. The number of benzene rings is 2. The van der Waals surface area contributed by atoms with Crippen molar-refractivity contribution in [2.75, 3.05) is 7.05 Å². The quantitative estimate of drug-likeness (QED) is 0.313. The largest absolute Gasteiger partial charge is 0.350 e. The van der Waals surface area contributed by atoms with Crippen molar-refractivity contribution < 1.29 is 0 Å². The summed E-state index contributed by atoms with van der Waals surface area (Å²) in [6.45, 7) is 2.78. The maximum absolute atomic E-state index is 4.70. The Bertz CT molecular complexity index is 818. The maximum Gasteiger partial charge on any atom is 0.191 e. The zero-order valence-corrected chi connectivity index (χ0v) is 18.0. The van der Waals surface area contributed by atoms with Crippen molar-refractivity contribution in [2.45, 2.75) is 19.5 Å². The van der Waals surface area contributed by atoms with Crippen molar-refractivity contribution in [1.82, 2.24) is 15.6 Å². The Hall–Kier alpha value is -1.93. The highest BCUT2D eigenvalue weighted by atomic mass is 127. The van der Waals surface area contributed by atoms with Crippen LogP contribution in [0.1, 0.15) is 23.5 Å². The molecule has 1 aromatic heterocycles. The van der Waals surface area contributed by atoms with Gasteiger partial charge in [-0.3, -0.25) is 4.99 Å². The van der Waals surface area contributed by atoms with Gasteiger partial charge in [0.1, 0.15) is 5.01 Å². The molecule has 3 aromatic rings. The molecule has 6 heteroatoms.